The number of hydrogen-bond donors (Lipinski definition) is 1. The van der Waals surface area contributed by atoms with Gasteiger partial charge in [0.15, 0.2) is 11.5 Å². The molecule has 2 aromatic rings. The number of ether oxygens (including phenoxy) is 2. The van der Waals surface area contributed by atoms with Gasteiger partial charge < -0.3 is 14.8 Å². The molecular weight excluding hydrogens is 368 g/mol. The van der Waals surface area contributed by atoms with Crippen molar-refractivity contribution in [3.05, 3.63) is 53.6 Å². The van der Waals surface area contributed by atoms with E-state index in [9.17, 15) is 13.2 Å². The highest BCUT2D eigenvalue weighted by molar-refractivity contribution is 7.92. The Morgan fingerprint density at radius 2 is 1.93 bits per heavy atom. The van der Waals surface area contributed by atoms with Crippen LogP contribution >= 0.6 is 0 Å². The van der Waals surface area contributed by atoms with Gasteiger partial charge in [0.2, 0.25) is 10.0 Å². The van der Waals surface area contributed by atoms with Crippen molar-refractivity contribution in [3.63, 3.8) is 0 Å². The van der Waals surface area contributed by atoms with Crippen molar-refractivity contribution < 1.29 is 22.7 Å². The number of fused-ring (bicyclic) bond motifs is 1. The van der Waals surface area contributed by atoms with Gasteiger partial charge in [-0.1, -0.05) is 12.1 Å². The lowest BCUT2D eigenvalue weighted by Gasteiger charge is -2.26. The molecule has 0 aromatic heterocycles. The SMILES string of the molecule is Cc1cc(C(=O)NC[C@@H]2COc3ccccc3O2)ccc1N(C)S(C)(=O)=O. The molecule has 0 unspecified atom stereocenters. The Morgan fingerprint density at radius 1 is 1.22 bits per heavy atom. The number of sulfonamides is 1. The number of aryl methyl sites for hydroxylation is 1. The summed E-state index contributed by atoms with van der Waals surface area (Å²) in [7, 11) is -1.88. The van der Waals surface area contributed by atoms with E-state index < -0.39 is 10.0 Å². The van der Waals surface area contributed by atoms with E-state index in [-0.39, 0.29) is 12.0 Å². The Hall–Kier alpha value is -2.74. The largest absolute Gasteiger partial charge is 0.486 e. The van der Waals surface area contributed by atoms with Gasteiger partial charge in [0, 0.05) is 12.6 Å². The van der Waals surface area contributed by atoms with Crippen LogP contribution in [0.4, 0.5) is 5.69 Å². The number of amides is 1. The molecule has 0 fully saturated rings. The van der Waals surface area contributed by atoms with Crippen molar-refractivity contribution in [1.29, 1.82) is 0 Å². The van der Waals surface area contributed by atoms with E-state index in [1.807, 2.05) is 24.3 Å². The zero-order valence-electron chi connectivity index (χ0n) is 15.4. The molecule has 8 heteroatoms. The van der Waals surface area contributed by atoms with Crippen LogP contribution in [0.15, 0.2) is 42.5 Å². The minimum atomic E-state index is -3.36. The van der Waals surface area contributed by atoms with Crippen LogP contribution in [0.1, 0.15) is 15.9 Å². The second-order valence-electron chi connectivity index (χ2n) is 6.44. The zero-order valence-corrected chi connectivity index (χ0v) is 16.2. The van der Waals surface area contributed by atoms with E-state index in [0.717, 1.165) is 6.26 Å². The molecule has 7 nitrogen and oxygen atoms in total. The van der Waals surface area contributed by atoms with Crippen molar-refractivity contribution in [3.8, 4) is 11.5 Å². The molecule has 2 aromatic carbocycles. The smallest absolute Gasteiger partial charge is 0.251 e. The predicted octanol–water partition coefficient (Wildman–Crippen LogP) is 1.96. The summed E-state index contributed by atoms with van der Waals surface area (Å²) in [4.78, 5) is 12.4. The van der Waals surface area contributed by atoms with Crippen molar-refractivity contribution in [1.82, 2.24) is 5.32 Å². The Balaban J connectivity index is 1.63. The molecule has 1 aliphatic rings. The molecule has 0 aliphatic carbocycles. The van der Waals surface area contributed by atoms with Crippen LogP contribution in [-0.2, 0) is 10.0 Å². The Labute approximate surface area is 158 Å². The van der Waals surface area contributed by atoms with E-state index in [1.54, 1.807) is 25.1 Å². The van der Waals surface area contributed by atoms with Crippen LogP contribution in [0.5, 0.6) is 11.5 Å². The fourth-order valence-corrected chi connectivity index (χ4v) is 3.36. The van der Waals surface area contributed by atoms with Gasteiger partial charge in [0.25, 0.3) is 5.91 Å². The predicted molar refractivity (Wildman–Crippen MR) is 103 cm³/mol. The lowest BCUT2D eigenvalue weighted by atomic mass is 10.1. The summed E-state index contributed by atoms with van der Waals surface area (Å²) in [6.07, 6.45) is 0.859. The van der Waals surface area contributed by atoms with Gasteiger partial charge in [0.05, 0.1) is 18.5 Å². The van der Waals surface area contributed by atoms with Crippen LogP contribution < -0.4 is 19.1 Å². The highest BCUT2D eigenvalue weighted by Gasteiger charge is 2.22. The summed E-state index contributed by atoms with van der Waals surface area (Å²) in [5, 5.41) is 2.83. The summed E-state index contributed by atoms with van der Waals surface area (Å²) >= 11 is 0. The van der Waals surface area contributed by atoms with Crippen LogP contribution in [0.2, 0.25) is 0 Å². The van der Waals surface area contributed by atoms with Crippen molar-refractivity contribution >= 4 is 21.6 Å². The molecule has 27 heavy (non-hydrogen) atoms. The summed E-state index contributed by atoms with van der Waals surface area (Å²) in [6.45, 7) is 2.43. The second-order valence-corrected chi connectivity index (χ2v) is 8.45. The molecule has 0 bridgehead atoms. The maximum atomic E-state index is 12.4. The highest BCUT2D eigenvalue weighted by Crippen LogP contribution is 2.30. The molecule has 1 amide bonds. The minimum Gasteiger partial charge on any atom is -0.486 e. The number of nitrogens with zero attached hydrogens (tertiary/aromatic N) is 1. The van der Waals surface area contributed by atoms with E-state index >= 15 is 0 Å². The van der Waals surface area contributed by atoms with Crippen LogP contribution in [0, 0.1) is 6.92 Å². The molecule has 0 saturated heterocycles. The first-order chi connectivity index (χ1) is 12.8. The lowest BCUT2D eigenvalue weighted by molar-refractivity contribution is 0.0789. The van der Waals surface area contributed by atoms with Gasteiger partial charge >= 0.3 is 0 Å². The molecule has 144 valence electrons. The highest BCUT2D eigenvalue weighted by atomic mass is 32.2. The van der Waals surface area contributed by atoms with Crippen LogP contribution in [-0.4, -0.2) is 46.9 Å². The molecule has 1 N–H and O–H groups in total. The van der Waals surface area contributed by atoms with Gasteiger partial charge in [0.1, 0.15) is 12.7 Å². The van der Waals surface area contributed by atoms with Crippen LogP contribution in [0.25, 0.3) is 0 Å². The van der Waals surface area contributed by atoms with Gasteiger partial charge in [-0.25, -0.2) is 8.42 Å². The summed E-state index contributed by atoms with van der Waals surface area (Å²) in [6, 6.07) is 12.3. The fraction of sp³-hybridized carbons (Fsp3) is 0.316. The molecular formula is C19H22N2O5S. The van der Waals surface area contributed by atoms with E-state index in [1.165, 1.54) is 11.4 Å². The number of benzene rings is 2. The molecule has 1 atom stereocenters. The Morgan fingerprint density at radius 3 is 2.59 bits per heavy atom. The lowest BCUT2D eigenvalue weighted by Crippen LogP contribution is -2.40. The van der Waals surface area contributed by atoms with Gasteiger partial charge in [-0.05, 0) is 42.8 Å². The zero-order chi connectivity index (χ0) is 19.6. The second kappa shape index (κ2) is 7.48. The van der Waals surface area contributed by atoms with Crippen molar-refractivity contribution in [2.24, 2.45) is 0 Å². The van der Waals surface area contributed by atoms with Crippen molar-refractivity contribution in [2.45, 2.75) is 13.0 Å². The number of para-hydroxylation sites is 2. The molecule has 1 aliphatic heterocycles. The Kier molecular flexibility index (Phi) is 5.27. The van der Waals surface area contributed by atoms with Crippen molar-refractivity contribution in [2.75, 3.05) is 30.8 Å². The van der Waals surface area contributed by atoms with Gasteiger partial charge in [-0.3, -0.25) is 9.10 Å². The van der Waals surface area contributed by atoms with Crippen LogP contribution in [0.3, 0.4) is 0 Å². The average molecular weight is 390 g/mol. The fourth-order valence-electron chi connectivity index (χ4n) is 2.80. The molecule has 0 spiro atoms. The third-order valence-corrected chi connectivity index (χ3v) is 5.55. The minimum absolute atomic E-state index is 0.255. The quantitative estimate of drug-likeness (QED) is 0.844. The van der Waals surface area contributed by atoms with E-state index in [4.69, 9.17) is 9.47 Å². The molecule has 3 rings (SSSR count). The molecule has 0 radical (unpaired) electrons. The first-order valence-electron chi connectivity index (χ1n) is 8.47. The Bertz CT molecular complexity index is 958. The summed E-state index contributed by atoms with van der Waals surface area (Å²) in [5.41, 5.74) is 1.69. The monoisotopic (exact) mass is 390 g/mol. The summed E-state index contributed by atoms with van der Waals surface area (Å²) < 4.78 is 36.0. The van der Waals surface area contributed by atoms with Gasteiger partial charge in [-0.15, -0.1) is 0 Å². The molecule has 1 heterocycles. The number of carbonyl (C=O) groups excluding carboxylic acids is 1. The summed E-state index contributed by atoms with van der Waals surface area (Å²) in [5.74, 6) is 1.10. The number of carbonyl (C=O) groups is 1. The number of anilines is 1. The third-order valence-electron chi connectivity index (χ3n) is 4.35. The topological polar surface area (TPSA) is 84.9 Å². The first kappa shape index (κ1) is 19.0. The van der Waals surface area contributed by atoms with E-state index in [2.05, 4.69) is 5.32 Å². The van der Waals surface area contributed by atoms with Gasteiger partial charge in [-0.2, -0.15) is 0 Å². The maximum Gasteiger partial charge on any atom is 0.251 e. The first-order valence-corrected chi connectivity index (χ1v) is 10.3. The third kappa shape index (κ3) is 4.33. The molecule has 0 saturated carbocycles. The number of hydrogen-bond acceptors (Lipinski definition) is 5. The number of rotatable bonds is 5. The average Bonchev–Trinajstić information content (AvgIpc) is 2.64. The maximum absolute atomic E-state index is 12.4. The standard InChI is InChI=1S/C19H22N2O5S/c1-13-10-14(8-9-16(13)21(2)27(3,23)24)19(22)20-11-15-12-25-17-6-4-5-7-18(17)26-15/h4-10,15H,11-12H2,1-3H3,(H,20,22)/t15-/m1/s1. The number of nitrogens with one attached hydrogen (secondary N) is 1. The normalized spacial score (nSPS) is 15.9. The van der Waals surface area contributed by atoms with E-state index in [0.29, 0.717) is 41.5 Å².